The Bertz CT molecular complexity index is 1800. The summed E-state index contributed by atoms with van der Waals surface area (Å²) in [4.78, 5) is 72.5. The molecule has 19 heteroatoms. The van der Waals surface area contributed by atoms with Gasteiger partial charge < -0.3 is 33.8 Å². The number of aliphatic hydroxyl groups is 1. The minimum absolute atomic E-state index is 0.104. The molecule has 0 aromatic rings. The van der Waals surface area contributed by atoms with Gasteiger partial charge in [0, 0.05) is 25.7 Å². The molecule has 0 saturated carbocycles. The first kappa shape index (κ1) is 89.1. The lowest BCUT2D eigenvalue weighted by Crippen LogP contribution is -2.30. The number of phosphoric acid groups is 2. The van der Waals surface area contributed by atoms with Crippen LogP contribution in [0, 0.1) is 23.7 Å². The summed E-state index contributed by atoms with van der Waals surface area (Å²) in [6.45, 7) is 14.0. The molecule has 17 nitrogen and oxygen atoms in total. The summed E-state index contributed by atoms with van der Waals surface area (Å²) in [5.74, 6) is 0.783. The van der Waals surface area contributed by atoms with Crippen molar-refractivity contribution >= 4 is 39.5 Å². The summed E-state index contributed by atoms with van der Waals surface area (Å²) in [6, 6.07) is 0. The maximum absolute atomic E-state index is 13.0. The largest absolute Gasteiger partial charge is 0.472 e. The van der Waals surface area contributed by atoms with E-state index in [0.29, 0.717) is 37.5 Å². The van der Waals surface area contributed by atoms with Gasteiger partial charge in [0.25, 0.3) is 0 Å². The third-order valence-electron chi connectivity index (χ3n) is 16.6. The van der Waals surface area contributed by atoms with E-state index < -0.39 is 97.5 Å². The fourth-order valence-electron chi connectivity index (χ4n) is 10.8. The molecule has 0 heterocycles. The summed E-state index contributed by atoms with van der Waals surface area (Å²) in [5.41, 5.74) is 0. The number of hydrogen-bond acceptors (Lipinski definition) is 15. The quantitative estimate of drug-likeness (QED) is 0.0222. The van der Waals surface area contributed by atoms with Gasteiger partial charge in [-0.15, -0.1) is 0 Å². The van der Waals surface area contributed by atoms with Gasteiger partial charge in [0.2, 0.25) is 0 Å². The molecule has 0 radical (unpaired) electrons. The van der Waals surface area contributed by atoms with Gasteiger partial charge in [-0.25, -0.2) is 9.13 Å². The van der Waals surface area contributed by atoms with Crippen LogP contribution in [0.15, 0.2) is 0 Å². The summed E-state index contributed by atoms with van der Waals surface area (Å²) in [6.07, 6.45) is 44.9. The van der Waals surface area contributed by atoms with E-state index in [2.05, 4.69) is 55.4 Å². The average Bonchev–Trinajstić information content (AvgIpc) is 2.04. The molecule has 540 valence electrons. The minimum atomic E-state index is -4.95. The summed E-state index contributed by atoms with van der Waals surface area (Å²) in [5, 5.41) is 10.6. The fraction of sp³-hybridized carbons (Fsp3) is 0.944. The number of ether oxygens (including phenoxy) is 4. The molecule has 0 aromatic heterocycles. The minimum Gasteiger partial charge on any atom is -0.462 e. The number of phosphoric ester groups is 2. The van der Waals surface area contributed by atoms with Crippen LogP contribution in [-0.4, -0.2) is 96.7 Å². The second-order valence-electron chi connectivity index (χ2n) is 27.9. The number of rotatable bonds is 69. The van der Waals surface area contributed by atoms with Gasteiger partial charge >= 0.3 is 39.5 Å². The monoisotopic (exact) mass is 1340 g/mol. The van der Waals surface area contributed by atoms with Crippen LogP contribution in [0.5, 0.6) is 0 Å². The zero-order chi connectivity index (χ0) is 67.5. The van der Waals surface area contributed by atoms with Crippen molar-refractivity contribution in [3.63, 3.8) is 0 Å². The molecule has 0 aliphatic rings. The van der Waals surface area contributed by atoms with Crippen LogP contribution >= 0.6 is 15.6 Å². The molecule has 5 atom stereocenters. The van der Waals surface area contributed by atoms with E-state index in [4.69, 9.17) is 37.0 Å². The van der Waals surface area contributed by atoms with E-state index in [1.165, 1.54) is 148 Å². The van der Waals surface area contributed by atoms with Gasteiger partial charge in [0.15, 0.2) is 12.2 Å². The van der Waals surface area contributed by atoms with E-state index in [1.54, 1.807) is 0 Å². The summed E-state index contributed by atoms with van der Waals surface area (Å²) in [7, 11) is -9.90. The predicted molar refractivity (Wildman–Crippen MR) is 367 cm³/mol. The highest BCUT2D eigenvalue weighted by molar-refractivity contribution is 7.47. The van der Waals surface area contributed by atoms with E-state index in [0.717, 1.165) is 115 Å². The molecule has 3 N–H and O–H groups in total. The van der Waals surface area contributed by atoms with E-state index in [9.17, 15) is 43.2 Å². The van der Waals surface area contributed by atoms with Crippen LogP contribution in [0.3, 0.4) is 0 Å². The molecule has 0 bridgehead atoms. The van der Waals surface area contributed by atoms with Crippen LogP contribution in [0.2, 0.25) is 0 Å². The molecule has 0 aliphatic carbocycles. The lowest BCUT2D eigenvalue weighted by molar-refractivity contribution is -0.161. The molecular formula is C72H140O17P2. The Morgan fingerprint density at radius 1 is 0.275 bits per heavy atom. The Hall–Kier alpha value is -1.94. The molecule has 0 aromatic carbocycles. The van der Waals surface area contributed by atoms with Crippen LogP contribution in [0.25, 0.3) is 0 Å². The van der Waals surface area contributed by atoms with E-state index in [1.807, 2.05) is 0 Å². The second-order valence-corrected chi connectivity index (χ2v) is 30.8. The van der Waals surface area contributed by atoms with Crippen molar-refractivity contribution in [2.45, 2.75) is 375 Å². The summed E-state index contributed by atoms with van der Waals surface area (Å²) >= 11 is 0. The van der Waals surface area contributed by atoms with Crippen molar-refractivity contribution in [2.75, 3.05) is 39.6 Å². The molecule has 0 rings (SSSR count). The Balaban J connectivity index is 5.14. The van der Waals surface area contributed by atoms with Gasteiger partial charge in [-0.05, 0) is 49.4 Å². The fourth-order valence-corrected chi connectivity index (χ4v) is 12.4. The number of carbonyl (C=O) groups excluding carboxylic acids is 4. The third kappa shape index (κ3) is 66.5. The maximum Gasteiger partial charge on any atom is 0.472 e. The second kappa shape index (κ2) is 61.6. The maximum atomic E-state index is 13.0. The highest BCUT2D eigenvalue weighted by Gasteiger charge is 2.30. The number of unbranched alkanes of at least 4 members (excludes halogenated alkanes) is 35. The normalized spacial score (nSPS) is 14.2. The van der Waals surface area contributed by atoms with Gasteiger partial charge in [-0.2, -0.15) is 0 Å². The van der Waals surface area contributed by atoms with Crippen molar-refractivity contribution < 1.29 is 80.2 Å². The third-order valence-corrected chi connectivity index (χ3v) is 18.5. The van der Waals surface area contributed by atoms with Crippen molar-refractivity contribution in [3.8, 4) is 0 Å². The highest BCUT2D eigenvalue weighted by Crippen LogP contribution is 2.45. The van der Waals surface area contributed by atoms with E-state index >= 15 is 0 Å². The summed E-state index contributed by atoms with van der Waals surface area (Å²) < 4.78 is 68.2. The Kier molecular flexibility index (Phi) is 60.3. The van der Waals surface area contributed by atoms with Crippen LogP contribution in [0.1, 0.15) is 357 Å². The first-order valence-electron chi connectivity index (χ1n) is 37.2. The smallest absolute Gasteiger partial charge is 0.462 e. The molecule has 0 saturated heterocycles. The molecule has 3 unspecified atom stereocenters. The van der Waals surface area contributed by atoms with Crippen molar-refractivity contribution in [3.05, 3.63) is 0 Å². The van der Waals surface area contributed by atoms with Crippen molar-refractivity contribution in [1.29, 1.82) is 0 Å². The first-order chi connectivity index (χ1) is 43.6. The Morgan fingerprint density at radius 3 is 0.681 bits per heavy atom. The van der Waals surface area contributed by atoms with Gasteiger partial charge in [-0.1, -0.05) is 306 Å². The Labute approximate surface area is 556 Å². The average molecular weight is 1340 g/mol. The lowest BCUT2D eigenvalue weighted by Gasteiger charge is -2.21. The molecule has 0 aliphatic heterocycles. The molecule has 0 fully saturated rings. The Morgan fingerprint density at radius 2 is 0.462 bits per heavy atom. The van der Waals surface area contributed by atoms with Crippen LogP contribution in [0.4, 0.5) is 0 Å². The zero-order valence-electron chi connectivity index (χ0n) is 59.5. The topological polar surface area (TPSA) is 237 Å². The van der Waals surface area contributed by atoms with Crippen LogP contribution < -0.4 is 0 Å². The zero-order valence-corrected chi connectivity index (χ0v) is 61.3. The van der Waals surface area contributed by atoms with Gasteiger partial charge in [0.1, 0.15) is 19.3 Å². The molecule has 91 heavy (non-hydrogen) atoms. The van der Waals surface area contributed by atoms with E-state index in [-0.39, 0.29) is 25.7 Å². The predicted octanol–water partition coefficient (Wildman–Crippen LogP) is 20.5. The van der Waals surface area contributed by atoms with Crippen molar-refractivity contribution in [2.24, 2.45) is 23.7 Å². The number of esters is 4. The van der Waals surface area contributed by atoms with Gasteiger partial charge in [-0.3, -0.25) is 37.3 Å². The molecular weight excluding hydrogens is 1200 g/mol. The number of carbonyl (C=O) groups is 4. The van der Waals surface area contributed by atoms with Gasteiger partial charge in [0.05, 0.1) is 26.4 Å². The van der Waals surface area contributed by atoms with Crippen LogP contribution in [-0.2, 0) is 65.4 Å². The number of aliphatic hydroxyl groups excluding tert-OH is 1. The molecule has 0 amide bonds. The first-order valence-corrected chi connectivity index (χ1v) is 40.2. The molecule has 0 spiro atoms. The van der Waals surface area contributed by atoms with Crippen molar-refractivity contribution in [1.82, 2.24) is 0 Å². The number of hydrogen-bond donors (Lipinski definition) is 3. The SMILES string of the molecule is CC(C)CCCCCCCCCCCCCCCCCCCCC(=O)O[C@H](COC(=O)CCCCCCCCC(C)C)COP(=O)(O)OCC(O)COP(=O)(O)OC[C@@H](COC(=O)CCCCCCCCC(C)C)OC(=O)CCCCCCCCCCCC(C)C. The standard InChI is InChI=1S/C72H140O17P2/c1-62(2)48-40-32-24-20-17-15-13-11-9-10-12-14-16-18-22-26-38-46-54-71(76)88-67(58-82-69(74)52-44-36-30-28-34-42-50-64(5)6)60-86-90(78,79)84-56-66(73)57-85-91(80,81)87-61-68(59-83-70(75)53-45-37-31-29-35-43-51-65(7)8)89-72(77)55-47-39-27-23-19-21-25-33-41-49-63(3)4/h62-68,73H,9-61H2,1-8H3,(H,78,79)(H,80,81)/t66?,67-,68-/m1/s1. The highest BCUT2D eigenvalue weighted by atomic mass is 31.2. The lowest BCUT2D eigenvalue weighted by atomic mass is 10.0.